The van der Waals surface area contributed by atoms with Gasteiger partial charge in [-0.15, -0.1) is 0 Å². The maximum atomic E-state index is 14.6. The summed E-state index contributed by atoms with van der Waals surface area (Å²) in [5, 5.41) is 12.7. The minimum atomic E-state index is -0.913. The number of carbonyl (C=O) groups is 3. The van der Waals surface area contributed by atoms with Gasteiger partial charge in [0.25, 0.3) is 5.91 Å². The number of piperazine rings is 1. The molecule has 11 heteroatoms. The van der Waals surface area contributed by atoms with E-state index in [4.69, 9.17) is 14.6 Å². The molecule has 270 valence electrons. The van der Waals surface area contributed by atoms with E-state index in [0.717, 1.165) is 53.7 Å². The highest BCUT2D eigenvalue weighted by Crippen LogP contribution is 2.37. The third-order valence-corrected chi connectivity index (χ3v) is 10.3. The normalized spacial score (nSPS) is 18.4. The van der Waals surface area contributed by atoms with Crippen molar-refractivity contribution in [3.05, 3.63) is 99.3 Å². The Balaban J connectivity index is 1.19. The Labute approximate surface area is 306 Å². The Bertz CT molecular complexity index is 1760. The molecule has 2 amide bonds. The fourth-order valence-corrected chi connectivity index (χ4v) is 7.36. The lowest BCUT2D eigenvalue weighted by atomic mass is 9.82. The van der Waals surface area contributed by atoms with Crippen LogP contribution in [-0.4, -0.2) is 83.7 Å². The number of benzene rings is 3. The summed E-state index contributed by atoms with van der Waals surface area (Å²) in [6.45, 7) is 4.14. The summed E-state index contributed by atoms with van der Waals surface area (Å²) >= 11 is 3.40. The second kappa shape index (κ2) is 16.9. The third-order valence-electron chi connectivity index (χ3n) is 9.67. The zero-order chi connectivity index (χ0) is 35.9. The van der Waals surface area contributed by atoms with Gasteiger partial charge in [-0.05, 0) is 108 Å². The molecule has 2 fully saturated rings. The number of nitrogens with zero attached hydrogens (tertiary/aromatic N) is 2. The largest absolute Gasteiger partial charge is 0.492 e. The van der Waals surface area contributed by atoms with Crippen molar-refractivity contribution in [3.63, 3.8) is 0 Å². The van der Waals surface area contributed by atoms with E-state index in [2.05, 4.69) is 45.5 Å². The van der Waals surface area contributed by atoms with Gasteiger partial charge in [-0.1, -0.05) is 36.4 Å². The minimum Gasteiger partial charge on any atom is -0.492 e. The quantitative estimate of drug-likeness (QED) is 0.159. The summed E-state index contributed by atoms with van der Waals surface area (Å²) in [4.78, 5) is 42.6. The number of nitrogens with one attached hydrogen (secondary N) is 1. The van der Waals surface area contributed by atoms with Crippen LogP contribution >= 0.6 is 15.9 Å². The Morgan fingerprint density at radius 1 is 0.980 bits per heavy atom. The predicted octanol–water partition coefficient (Wildman–Crippen LogP) is 6.56. The first kappa shape index (κ1) is 36.6. The molecule has 3 aromatic rings. The first-order valence-electron chi connectivity index (χ1n) is 17.8. The van der Waals surface area contributed by atoms with Crippen molar-refractivity contribution in [2.24, 2.45) is 0 Å². The zero-order valence-electron chi connectivity index (χ0n) is 28.9. The fourth-order valence-electron chi connectivity index (χ4n) is 7.00. The van der Waals surface area contributed by atoms with E-state index in [1.807, 2.05) is 36.1 Å². The van der Waals surface area contributed by atoms with Crippen molar-refractivity contribution in [3.8, 4) is 11.5 Å². The molecule has 6 rings (SSSR count). The van der Waals surface area contributed by atoms with Crippen LogP contribution in [0.4, 0.5) is 4.39 Å². The summed E-state index contributed by atoms with van der Waals surface area (Å²) < 4.78 is 26.2. The molecule has 0 aromatic heterocycles. The fraction of sp³-hybridized carbons (Fsp3) is 0.425. The predicted molar refractivity (Wildman–Crippen MR) is 196 cm³/mol. The molecular weight excluding hydrogens is 717 g/mol. The zero-order valence-corrected chi connectivity index (χ0v) is 30.5. The van der Waals surface area contributed by atoms with Crippen molar-refractivity contribution in [2.45, 2.75) is 76.4 Å². The van der Waals surface area contributed by atoms with E-state index in [1.54, 1.807) is 11.0 Å². The maximum absolute atomic E-state index is 14.6. The molecule has 2 N–H and O–H groups in total. The van der Waals surface area contributed by atoms with Crippen LogP contribution in [0.1, 0.15) is 61.6 Å². The van der Waals surface area contributed by atoms with Crippen molar-refractivity contribution < 1.29 is 33.4 Å². The molecule has 1 saturated carbocycles. The molecule has 0 radical (unpaired) electrons. The smallest absolute Gasteiger partial charge is 0.303 e. The number of amides is 2. The van der Waals surface area contributed by atoms with Crippen molar-refractivity contribution in [2.75, 3.05) is 32.8 Å². The van der Waals surface area contributed by atoms with Crippen LogP contribution in [0.15, 0.2) is 76.8 Å². The highest BCUT2D eigenvalue weighted by Gasteiger charge is 2.43. The lowest BCUT2D eigenvalue weighted by Gasteiger charge is -2.45. The van der Waals surface area contributed by atoms with Gasteiger partial charge in [0.15, 0.2) is 0 Å². The molecule has 2 bridgehead atoms. The maximum Gasteiger partial charge on any atom is 0.303 e. The highest BCUT2D eigenvalue weighted by molar-refractivity contribution is 9.10. The van der Waals surface area contributed by atoms with E-state index < -0.39 is 5.97 Å². The van der Waals surface area contributed by atoms with Crippen LogP contribution in [0.5, 0.6) is 11.5 Å². The van der Waals surface area contributed by atoms with Crippen molar-refractivity contribution in [1.29, 1.82) is 0 Å². The summed E-state index contributed by atoms with van der Waals surface area (Å²) in [5.41, 5.74) is 4.93. The van der Waals surface area contributed by atoms with Crippen LogP contribution in [-0.2, 0) is 20.8 Å². The Morgan fingerprint density at radius 2 is 1.78 bits per heavy atom. The molecule has 2 atom stereocenters. The Morgan fingerprint density at radius 3 is 2.53 bits per heavy atom. The van der Waals surface area contributed by atoms with Crippen molar-refractivity contribution in [1.82, 2.24) is 15.1 Å². The Hall–Kier alpha value is -4.22. The summed E-state index contributed by atoms with van der Waals surface area (Å²) in [5.74, 6) is -0.105. The number of aryl methyl sites for hydroxylation is 2. The molecule has 51 heavy (non-hydrogen) atoms. The van der Waals surface area contributed by atoms with Crippen LogP contribution < -0.4 is 14.8 Å². The second-order valence-electron chi connectivity index (χ2n) is 13.7. The average molecular weight is 763 g/mol. The lowest BCUT2D eigenvalue weighted by Crippen LogP contribution is -2.62. The van der Waals surface area contributed by atoms with Crippen molar-refractivity contribution >= 4 is 39.3 Å². The van der Waals surface area contributed by atoms with Gasteiger partial charge in [0.2, 0.25) is 5.91 Å². The molecule has 1 aliphatic carbocycles. The summed E-state index contributed by atoms with van der Waals surface area (Å²) in [6.07, 6.45) is 4.42. The van der Waals surface area contributed by atoms with Gasteiger partial charge in [0, 0.05) is 49.7 Å². The number of carboxylic acids is 1. The molecule has 2 heterocycles. The molecule has 0 spiro atoms. The van der Waals surface area contributed by atoms with Gasteiger partial charge in [-0.25, -0.2) is 4.39 Å². The molecule has 3 aromatic carbocycles. The number of ether oxygens (including phenoxy) is 2. The monoisotopic (exact) mass is 761 g/mol. The summed E-state index contributed by atoms with van der Waals surface area (Å²) in [6, 6.07) is 20.4. The molecule has 9 nitrogen and oxygen atoms in total. The van der Waals surface area contributed by atoms with Gasteiger partial charge in [0.1, 0.15) is 23.9 Å². The number of rotatable bonds is 16. The van der Waals surface area contributed by atoms with Gasteiger partial charge in [-0.2, -0.15) is 0 Å². The minimum absolute atomic E-state index is 0.0267. The van der Waals surface area contributed by atoms with E-state index in [9.17, 15) is 18.8 Å². The standard InChI is InChI=1S/C40H45BrFN3O6/c1-26-5-2-7-32(21-26)50-20-18-45(31-15-16-31)40(49)39-33(23-30-24-44(25-35(39)43-30)37(46)8-3-9-38(47)48)28-12-10-27(11-13-28)6-4-19-51-36-22-29(42)14-17-34(36)41/h2,5,7,10-14,17,21-22,30-31,35,43H,3-4,6,8-9,15-16,18-20,23-25H2,1H3,(H,47,48). The molecular formula is C40H45BrFN3O6. The van der Waals surface area contributed by atoms with Crippen LogP contribution in [0.3, 0.4) is 0 Å². The first-order chi connectivity index (χ1) is 24.6. The number of hydrogen-bond acceptors (Lipinski definition) is 6. The molecule has 2 aliphatic heterocycles. The van der Waals surface area contributed by atoms with Gasteiger partial charge in [0.05, 0.1) is 23.7 Å². The first-order valence-corrected chi connectivity index (χ1v) is 18.6. The number of halogens is 2. The van der Waals surface area contributed by atoms with E-state index in [0.29, 0.717) is 55.1 Å². The van der Waals surface area contributed by atoms with Gasteiger partial charge < -0.3 is 29.7 Å². The SMILES string of the molecule is Cc1cccc(OCCN(C(=O)C2=C(c3ccc(CCCOc4cc(F)ccc4Br)cc3)CC3CN(C(=O)CCCC(=O)O)CC2N3)C2CC2)c1. The number of carbonyl (C=O) groups excluding carboxylic acids is 2. The number of hydrogen-bond donors (Lipinski definition) is 2. The number of carboxylic acid groups (broad SMARTS) is 1. The van der Waals surface area contributed by atoms with Crippen LogP contribution in [0.25, 0.3) is 5.57 Å². The lowest BCUT2D eigenvalue weighted by molar-refractivity contribution is -0.138. The molecule has 3 aliphatic rings. The van der Waals surface area contributed by atoms with E-state index in [-0.39, 0.29) is 55.0 Å². The molecule has 2 unspecified atom stereocenters. The third kappa shape index (κ3) is 9.77. The molecule has 1 saturated heterocycles. The Kier molecular flexibility index (Phi) is 12.1. The average Bonchev–Trinajstić information content (AvgIpc) is 3.95. The summed E-state index contributed by atoms with van der Waals surface area (Å²) in [7, 11) is 0. The van der Waals surface area contributed by atoms with E-state index >= 15 is 0 Å². The van der Waals surface area contributed by atoms with E-state index in [1.165, 1.54) is 12.1 Å². The van der Waals surface area contributed by atoms with Crippen LogP contribution in [0.2, 0.25) is 0 Å². The second-order valence-corrected chi connectivity index (χ2v) is 14.5. The van der Waals surface area contributed by atoms with Gasteiger partial charge >= 0.3 is 5.97 Å². The topological polar surface area (TPSA) is 108 Å². The van der Waals surface area contributed by atoms with Crippen LogP contribution in [0, 0.1) is 12.7 Å². The number of aliphatic carboxylic acids is 1. The highest BCUT2D eigenvalue weighted by atomic mass is 79.9. The van der Waals surface area contributed by atoms with Gasteiger partial charge in [-0.3, -0.25) is 14.4 Å². The number of fused-ring (bicyclic) bond motifs is 2.